The van der Waals surface area contributed by atoms with Crippen molar-refractivity contribution >= 4 is 38.9 Å². The maximum Gasteiger partial charge on any atom is 0.264 e. The first-order valence-electron chi connectivity index (χ1n) is 8.61. The molecule has 1 aromatic carbocycles. The van der Waals surface area contributed by atoms with Gasteiger partial charge in [0.05, 0.1) is 22.6 Å². The fraction of sp³-hybridized carbons (Fsp3) is 0.333. The van der Waals surface area contributed by atoms with E-state index in [9.17, 15) is 18.0 Å². The van der Waals surface area contributed by atoms with Gasteiger partial charge < -0.3 is 15.0 Å². The molecule has 0 radical (unpaired) electrons. The molecule has 1 fully saturated rings. The number of hydrogen-bond donors (Lipinski definition) is 1. The molecule has 1 saturated heterocycles. The zero-order valence-corrected chi connectivity index (χ0v) is 17.2. The van der Waals surface area contributed by atoms with Crippen molar-refractivity contribution in [1.82, 2.24) is 9.21 Å². The number of benzene rings is 1. The topological polar surface area (TPSA) is 96.0 Å². The van der Waals surface area contributed by atoms with Crippen LogP contribution >= 0.6 is 11.3 Å². The number of piperazine rings is 1. The smallest absolute Gasteiger partial charge is 0.264 e. The molecule has 8 nitrogen and oxygen atoms in total. The van der Waals surface area contributed by atoms with Crippen molar-refractivity contribution in [2.24, 2.45) is 0 Å². The van der Waals surface area contributed by atoms with Gasteiger partial charge in [0.15, 0.2) is 0 Å². The van der Waals surface area contributed by atoms with Crippen LogP contribution in [0.4, 0.5) is 5.69 Å². The predicted molar refractivity (Wildman–Crippen MR) is 106 cm³/mol. The van der Waals surface area contributed by atoms with E-state index < -0.39 is 10.0 Å². The average Bonchev–Trinajstić information content (AvgIpc) is 3.22. The van der Waals surface area contributed by atoms with Crippen LogP contribution in [0.25, 0.3) is 0 Å². The van der Waals surface area contributed by atoms with Crippen LogP contribution in [-0.4, -0.2) is 62.7 Å². The van der Waals surface area contributed by atoms with Crippen molar-refractivity contribution in [3.63, 3.8) is 0 Å². The van der Waals surface area contributed by atoms with E-state index in [-0.39, 0.29) is 35.5 Å². The van der Waals surface area contributed by atoms with Gasteiger partial charge in [-0.05, 0) is 23.6 Å². The monoisotopic (exact) mass is 423 g/mol. The maximum atomic E-state index is 13.0. The number of carbonyl (C=O) groups is 2. The zero-order chi connectivity index (χ0) is 20.3. The number of ether oxygens (including phenoxy) is 1. The number of carbonyl (C=O) groups excluding carboxylic acids is 2. The fourth-order valence-electron chi connectivity index (χ4n) is 2.96. The highest BCUT2D eigenvalue weighted by molar-refractivity contribution is 7.89. The average molecular weight is 424 g/mol. The summed E-state index contributed by atoms with van der Waals surface area (Å²) in [7, 11) is -2.33. The molecule has 0 aliphatic carbocycles. The van der Waals surface area contributed by atoms with Gasteiger partial charge in [0.25, 0.3) is 5.91 Å². The van der Waals surface area contributed by atoms with Gasteiger partial charge in [-0.1, -0.05) is 6.07 Å². The summed E-state index contributed by atoms with van der Waals surface area (Å²) in [6.07, 6.45) is 0. The first-order chi connectivity index (χ1) is 13.3. The van der Waals surface area contributed by atoms with Crippen molar-refractivity contribution in [2.75, 3.05) is 38.6 Å². The Kier molecular flexibility index (Phi) is 6.01. The predicted octanol–water partition coefficient (Wildman–Crippen LogP) is 1.86. The zero-order valence-electron chi connectivity index (χ0n) is 15.5. The maximum absolute atomic E-state index is 13.0. The van der Waals surface area contributed by atoms with E-state index in [0.29, 0.717) is 23.7 Å². The molecule has 0 unspecified atom stereocenters. The Morgan fingerprint density at radius 3 is 2.43 bits per heavy atom. The van der Waals surface area contributed by atoms with Crippen LogP contribution in [0.5, 0.6) is 5.75 Å². The summed E-state index contributed by atoms with van der Waals surface area (Å²) in [4.78, 5) is 26.1. The molecular weight excluding hydrogens is 402 g/mol. The van der Waals surface area contributed by atoms with E-state index in [1.807, 2.05) is 11.4 Å². The first kappa shape index (κ1) is 20.3. The van der Waals surface area contributed by atoms with E-state index in [4.69, 9.17) is 4.74 Å². The van der Waals surface area contributed by atoms with E-state index in [0.717, 1.165) is 0 Å². The third-order valence-corrected chi connectivity index (χ3v) is 7.13. The van der Waals surface area contributed by atoms with Gasteiger partial charge in [-0.3, -0.25) is 9.59 Å². The third kappa shape index (κ3) is 4.18. The number of sulfonamides is 1. The minimum absolute atomic E-state index is 0.0756. The van der Waals surface area contributed by atoms with Crippen molar-refractivity contribution in [3.8, 4) is 5.75 Å². The Balaban J connectivity index is 1.73. The number of amides is 2. The summed E-state index contributed by atoms with van der Waals surface area (Å²) in [5, 5.41) is 4.44. The Morgan fingerprint density at radius 2 is 1.86 bits per heavy atom. The van der Waals surface area contributed by atoms with Gasteiger partial charge in [-0.15, -0.1) is 11.3 Å². The standard InChI is InChI=1S/C18H21N3O5S2/c1-13(22)19-15-6-5-14(12-16(15)26-2)28(24,25)21-9-7-20(8-10-21)18(23)17-4-3-11-27-17/h3-6,11-12H,7-10H2,1-2H3,(H,19,22). The van der Waals surface area contributed by atoms with Crippen LogP contribution < -0.4 is 10.1 Å². The van der Waals surface area contributed by atoms with Crippen LogP contribution in [0.1, 0.15) is 16.6 Å². The molecule has 1 aliphatic rings. The highest BCUT2D eigenvalue weighted by Crippen LogP contribution is 2.29. The molecule has 1 aromatic heterocycles. The Bertz CT molecular complexity index is 965. The normalized spacial score (nSPS) is 15.3. The number of thiophene rings is 1. The van der Waals surface area contributed by atoms with Crippen LogP contribution in [0, 0.1) is 0 Å². The van der Waals surface area contributed by atoms with E-state index in [1.165, 1.54) is 47.9 Å². The van der Waals surface area contributed by atoms with Crippen LogP contribution in [0.2, 0.25) is 0 Å². The summed E-state index contributed by atoms with van der Waals surface area (Å²) in [6, 6.07) is 7.91. The van der Waals surface area contributed by atoms with Crippen LogP contribution in [0.15, 0.2) is 40.6 Å². The first-order valence-corrected chi connectivity index (χ1v) is 10.9. The minimum atomic E-state index is -3.74. The lowest BCUT2D eigenvalue weighted by Gasteiger charge is -2.33. The van der Waals surface area contributed by atoms with Crippen molar-refractivity contribution in [1.29, 1.82) is 0 Å². The minimum Gasteiger partial charge on any atom is -0.495 e. The molecule has 2 amide bonds. The van der Waals surface area contributed by atoms with E-state index in [1.54, 1.807) is 11.0 Å². The summed E-state index contributed by atoms with van der Waals surface area (Å²) in [6.45, 7) is 2.46. The van der Waals surface area contributed by atoms with E-state index >= 15 is 0 Å². The van der Waals surface area contributed by atoms with Gasteiger partial charge in [0.1, 0.15) is 5.75 Å². The molecule has 0 spiro atoms. The summed E-state index contributed by atoms with van der Waals surface area (Å²) in [5.74, 6) is -0.0865. The van der Waals surface area contributed by atoms with Gasteiger partial charge in [0.2, 0.25) is 15.9 Å². The quantitative estimate of drug-likeness (QED) is 0.792. The van der Waals surface area contributed by atoms with Gasteiger partial charge >= 0.3 is 0 Å². The molecule has 1 aliphatic heterocycles. The van der Waals surface area contributed by atoms with Crippen molar-refractivity contribution in [3.05, 3.63) is 40.6 Å². The SMILES string of the molecule is COc1cc(S(=O)(=O)N2CCN(C(=O)c3cccs3)CC2)ccc1NC(C)=O. The number of nitrogens with zero attached hydrogens (tertiary/aromatic N) is 2. The van der Waals surface area contributed by atoms with Gasteiger partial charge in [0, 0.05) is 39.2 Å². The molecule has 0 bridgehead atoms. The Labute approximate surface area is 167 Å². The molecule has 2 aromatic rings. The highest BCUT2D eigenvalue weighted by Gasteiger charge is 2.31. The number of rotatable bonds is 5. The highest BCUT2D eigenvalue weighted by atomic mass is 32.2. The number of anilines is 1. The Hall–Kier alpha value is -2.43. The molecule has 1 N–H and O–H groups in total. The largest absolute Gasteiger partial charge is 0.495 e. The summed E-state index contributed by atoms with van der Waals surface area (Å²) in [5.41, 5.74) is 0.403. The van der Waals surface area contributed by atoms with Gasteiger partial charge in [-0.25, -0.2) is 8.42 Å². The molecular formula is C18H21N3O5S2. The molecule has 3 rings (SSSR count). The van der Waals surface area contributed by atoms with Crippen molar-refractivity contribution < 1.29 is 22.7 Å². The lowest BCUT2D eigenvalue weighted by molar-refractivity contribution is -0.114. The Morgan fingerprint density at radius 1 is 1.14 bits per heavy atom. The van der Waals surface area contributed by atoms with Crippen LogP contribution in [0.3, 0.4) is 0 Å². The molecule has 150 valence electrons. The second-order valence-electron chi connectivity index (χ2n) is 6.22. The van der Waals surface area contributed by atoms with Gasteiger partial charge in [-0.2, -0.15) is 4.31 Å². The molecule has 28 heavy (non-hydrogen) atoms. The van der Waals surface area contributed by atoms with Crippen molar-refractivity contribution in [2.45, 2.75) is 11.8 Å². The second kappa shape index (κ2) is 8.29. The lowest BCUT2D eigenvalue weighted by Crippen LogP contribution is -2.50. The molecule has 2 heterocycles. The molecule has 10 heteroatoms. The van der Waals surface area contributed by atoms with Crippen LogP contribution in [-0.2, 0) is 14.8 Å². The summed E-state index contributed by atoms with van der Waals surface area (Å²) < 4.78 is 32.5. The summed E-state index contributed by atoms with van der Waals surface area (Å²) >= 11 is 1.37. The third-order valence-electron chi connectivity index (χ3n) is 4.38. The second-order valence-corrected chi connectivity index (χ2v) is 9.10. The number of nitrogens with one attached hydrogen (secondary N) is 1. The van der Waals surface area contributed by atoms with E-state index in [2.05, 4.69) is 5.32 Å². The number of hydrogen-bond acceptors (Lipinski definition) is 6. The fourth-order valence-corrected chi connectivity index (χ4v) is 5.09. The molecule has 0 saturated carbocycles. The molecule has 0 atom stereocenters. The number of methoxy groups -OCH3 is 1. The lowest BCUT2D eigenvalue weighted by atomic mass is 10.3.